The number of para-hydroxylation sites is 1. The van der Waals surface area contributed by atoms with Gasteiger partial charge in [0.05, 0.1) is 5.69 Å². The van der Waals surface area contributed by atoms with E-state index in [9.17, 15) is 0 Å². The summed E-state index contributed by atoms with van der Waals surface area (Å²) in [5.74, 6) is 0.663. The fourth-order valence-corrected chi connectivity index (χ4v) is 3.03. The first-order chi connectivity index (χ1) is 11.3. The van der Waals surface area contributed by atoms with Gasteiger partial charge in [-0.05, 0) is 30.7 Å². The van der Waals surface area contributed by atoms with Crippen LogP contribution in [-0.4, -0.2) is 5.90 Å². The van der Waals surface area contributed by atoms with Crippen LogP contribution in [0.5, 0.6) is 0 Å². The number of ether oxygens (including phenoxy) is 1. The molecular weight excluding hydrogens is 282 g/mol. The van der Waals surface area contributed by atoms with Crippen molar-refractivity contribution in [3.05, 3.63) is 102 Å². The Hall–Kier alpha value is -2.87. The molecule has 0 saturated carbocycles. The fourth-order valence-electron chi connectivity index (χ4n) is 3.03. The molecule has 0 fully saturated rings. The molecule has 0 spiro atoms. The molecule has 112 valence electrons. The molecule has 3 aromatic carbocycles. The van der Waals surface area contributed by atoms with Crippen molar-refractivity contribution in [2.75, 3.05) is 0 Å². The lowest BCUT2D eigenvalue weighted by molar-refractivity contribution is 0.115. The first-order valence-electron chi connectivity index (χ1n) is 7.75. The summed E-state index contributed by atoms with van der Waals surface area (Å²) >= 11 is 0. The van der Waals surface area contributed by atoms with Crippen LogP contribution >= 0.6 is 0 Å². The molecule has 1 aliphatic heterocycles. The highest BCUT2D eigenvalue weighted by atomic mass is 16.5. The standard InChI is InChI=1S/C21H17NO/c1-21(17-12-6-3-7-13-17)18-14-8-9-15-19(18)22-20(23-21)16-10-4-2-5-11-16/h2-15H,1H3. The second-order valence-electron chi connectivity index (χ2n) is 5.80. The summed E-state index contributed by atoms with van der Waals surface area (Å²) in [6.07, 6.45) is 0. The molecule has 1 aliphatic rings. The quantitative estimate of drug-likeness (QED) is 0.648. The normalized spacial score (nSPS) is 19.4. The molecule has 0 bridgehead atoms. The monoisotopic (exact) mass is 299 g/mol. The lowest BCUT2D eigenvalue weighted by Crippen LogP contribution is -2.33. The molecule has 2 heteroatoms. The smallest absolute Gasteiger partial charge is 0.222 e. The lowest BCUT2D eigenvalue weighted by atomic mass is 9.86. The minimum Gasteiger partial charge on any atom is -0.461 e. The summed E-state index contributed by atoms with van der Waals surface area (Å²) in [6.45, 7) is 2.11. The minimum absolute atomic E-state index is 0.551. The van der Waals surface area contributed by atoms with E-state index in [2.05, 4.69) is 25.1 Å². The van der Waals surface area contributed by atoms with Gasteiger partial charge < -0.3 is 4.74 Å². The van der Waals surface area contributed by atoms with Crippen LogP contribution < -0.4 is 0 Å². The molecule has 1 atom stereocenters. The summed E-state index contributed by atoms with van der Waals surface area (Å²) in [5, 5.41) is 0. The van der Waals surface area contributed by atoms with Crippen LogP contribution in [0.1, 0.15) is 23.6 Å². The third-order valence-corrected chi connectivity index (χ3v) is 4.29. The number of benzene rings is 3. The topological polar surface area (TPSA) is 21.6 Å². The van der Waals surface area contributed by atoms with Gasteiger partial charge in [0.15, 0.2) is 5.60 Å². The van der Waals surface area contributed by atoms with E-state index in [1.807, 2.05) is 66.7 Å². The van der Waals surface area contributed by atoms with Crippen LogP contribution in [0.4, 0.5) is 5.69 Å². The Balaban J connectivity index is 1.91. The van der Waals surface area contributed by atoms with Crippen LogP contribution in [0.25, 0.3) is 0 Å². The molecule has 0 amide bonds. The van der Waals surface area contributed by atoms with Gasteiger partial charge in [-0.1, -0.05) is 66.7 Å². The molecule has 3 aromatic rings. The third kappa shape index (κ3) is 2.33. The average Bonchev–Trinajstić information content (AvgIpc) is 2.63. The highest BCUT2D eigenvalue weighted by molar-refractivity contribution is 5.97. The van der Waals surface area contributed by atoms with E-state index in [0.717, 1.165) is 22.4 Å². The molecule has 1 unspecified atom stereocenters. The maximum atomic E-state index is 6.42. The van der Waals surface area contributed by atoms with Crippen molar-refractivity contribution in [3.63, 3.8) is 0 Å². The van der Waals surface area contributed by atoms with Gasteiger partial charge in [-0.3, -0.25) is 0 Å². The van der Waals surface area contributed by atoms with Crippen LogP contribution in [-0.2, 0) is 10.3 Å². The highest BCUT2D eigenvalue weighted by Gasteiger charge is 2.37. The van der Waals surface area contributed by atoms with E-state index in [4.69, 9.17) is 9.73 Å². The lowest BCUT2D eigenvalue weighted by Gasteiger charge is -2.36. The van der Waals surface area contributed by atoms with Crippen molar-refractivity contribution in [2.45, 2.75) is 12.5 Å². The van der Waals surface area contributed by atoms with Gasteiger partial charge in [-0.15, -0.1) is 0 Å². The Morgan fingerprint density at radius 1 is 0.739 bits per heavy atom. The van der Waals surface area contributed by atoms with E-state index in [-0.39, 0.29) is 0 Å². The van der Waals surface area contributed by atoms with Gasteiger partial charge in [0.1, 0.15) is 0 Å². The first kappa shape index (κ1) is 13.8. The maximum Gasteiger partial charge on any atom is 0.222 e. The number of hydrogen-bond acceptors (Lipinski definition) is 2. The van der Waals surface area contributed by atoms with Gasteiger partial charge >= 0.3 is 0 Å². The van der Waals surface area contributed by atoms with Gasteiger partial charge in [-0.2, -0.15) is 0 Å². The molecular formula is C21H17NO. The number of rotatable bonds is 2. The summed E-state index contributed by atoms with van der Waals surface area (Å²) in [7, 11) is 0. The molecule has 0 aromatic heterocycles. The number of nitrogens with zero attached hydrogens (tertiary/aromatic N) is 1. The van der Waals surface area contributed by atoms with Crippen LogP contribution in [0.3, 0.4) is 0 Å². The van der Waals surface area contributed by atoms with Gasteiger partial charge in [0.2, 0.25) is 5.90 Å². The molecule has 0 saturated heterocycles. The zero-order valence-corrected chi connectivity index (χ0v) is 12.9. The summed E-state index contributed by atoms with van der Waals surface area (Å²) in [5.41, 5.74) is 3.61. The van der Waals surface area contributed by atoms with Crippen molar-refractivity contribution >= 4 is 11.6 Å². The largest absolute Gasteiger partial charge is 0.461 e. The fraction of sp³-hybridized carbons (Fsp3) is 0.0952. The predicted molar refractivity (Wildman–Crippen MR) is 93.1 cm³/mol. The summed E-state index contributed by atoms with van der Waals surface area (Å²) in [6, 6.07) is 28.5. The van der Waals surface area contributed by atoms with Crippen molar-refractivity contribution in [1.82, 2.24) is 0 Å². The Bertz CT molecular complexity index is 855. The predicted octanol–water partition coefficient (Wildman–Crippen LogP) is 5.06. The maximum absolute atomic E-state index is 6.42. The highest BCUT2D eigenvalue weighted by Crippen LogP contribution is 2.42. The van der Waals surface area contributed by atoms with E-state index in [1.54, 1.807) is 0 Å². The van der Waals surface area contributed by atoms with Crippen molar-refractivity contribution in [2.24, 2.45) is 4.99 Å². The summed E-state index contributed by atoms with van der Waals surface area (Å²) < 4.78 is 6.42. The first-order valence-corrected chi connectivity index (χ1v) is 7.75. The molecule has 1 heterocycles. The SMILES string of the molecule is CC1(c2ccccc2)OC(c2ccccc2)=Nc2ccccc21. The zero-order chi connectivity index (χ0) is 15.7. The molecule has 4 rings (SSSR count). The Morgan fingerprint density at radius 2 is 1.35 bits per heavy atom. The molecule has 23 heavy (non-hydrogen) atoms. The number of hydrogen-bond donors (Lipinski definition) is 0. The van der Waals surface area contributed by atoms with Gasteiger partial charge in [0.25, 0.3) is 0 Å². The molecule has 0 N–H and O–H groups in total. The minimum atomic E-state index is -0.551. The Kier molecular flexibility index (Phi) is 3.23. The van der Waals surface area contributed by atoms with E-state index in [1.165, 1.54) is 0 Å². The van der Waals surface area contributed by atoms with Gasteiger partial charge in [0, 0.05) is 11.1 Å². The average molecular weight is 299 g/mol. The molecule has 2 nitrogen and oxygen atoms in total. The molecule has 0 aliphatic carbocycles. The Morgan fingerprint density at radius 3 is 2.09 bits per heavy atom. The van der Waals surface area contributed by atoms with Crippen molar-refractivity contribution < 1.29 is 4.74 Å². The van der Waals surface area contributed by atoms with E-state index >= 15 is 0 Å². The second kappa shape index (κ2) is 5.40. The molecule has 0 radical (unpaired) electrons. The number of aliphatic imine (C=N–C) groups is 1. The summed E-state index contributed by atoms with van der Waals surface area (Å²) in [4.78, 5) is 4.73. The van der Waals surface area contributed by atoms with E-state index < -0.39 is 5.60 Å². The Labute approximate surface area is 136 Å². The van der Waals surface area contributed by atoms with Crippen LogP contribution in [0.2, 0.25) is 0 Å². The van der Waals surface area contributed by atoms with Crippen LogP contribution in [0.15, 0.2) is 89.9 Å². The van der Waals surface area contributed by atoms with Crippen molar-refractivity contribution in [1.29, 1.82) is 0 Å². The van der Waals surface area contributed by atoms with E-state index in [0.29, 0.717) is 5.90 Å². The third-order valence-electron chi connectivity index (χ3n) is 4.29. The number of fused-ring (bicyclic) bond motifs is 1. The van der Waals surface area contributed by atoms with Gasteiger partial charge in [-0.25, -0.2) is 4.99 Å². The van der Waals surface area contributed by atoms with Crippen LogP contribution in [0, 0.1) is 0 Å². The second-order valence-corrected chi connectivity index (χ2v) is 5.80. The zero-order valence-electron chi connectivity index (χ0n) is 12.9. The van der Waals surface area contributed by atoms with Crippen molar-refractivity contribution in [3.8, 4) is 0 Å².